The third kappa shape index (κ3) is 4.53. The number of β-amino-alcohol motifs (C(OH)–C–C–N with tert-alkyl or cyclic N) is 1. The van der Waals surface area contributed by atoms with Crippen LogP contribution < -0.4 is 5.32 Å². The Bertz CT molecular complexity index is 658. The molecule has 3 heteroatoms. The quantitative estimate of drug-likeness (QED) is 0.819. The van der Waals surface area contributed by atoms with E-state index in [-0.39, 0.29) is 18.2 Å². The predicted molar refractivity (Wildman–Crippen MR) is 108 cm³/mol. The summed E-state index contributed by atoms with van der Waals surface area (Å²) in [6.07, 6.45) is 0.619. The van der Waals surface area contributed by atoms with Crippen molar-refractivity contribution in [2.45, 2.75) is 51.4 Å². The van der Waals surface area contributed by atoms with Gasteiger partial charge in [0.2, 0.25) is 0 Å². The summed E-state index contributed by atoms with van der Waals surface area (Å²) < 4.78 is 0. The molecule has 0 amide bonds. The number of aliphatic hydroxyl groups is 1. The van der Waals surface area contributed by atoms with Crippen LogP contribution in [0.2, 0.25) is 0 Å². The Kier molecular flexibility index (Phi) is 6.47. The Hall–Kier alpha value is -1.68. The van der Waals surface area contributed by atoms with E-state index in [9.17, 15) is 5.11 Å². The van der Waals surface area contributed by atoms with Crippen molar-refractivity contribution in [2.75, 3.05) is 13.1 Å². The second kappa shape index (κ2) is 8.81. The summed E-state index contributed by atoms with van der Waals surface area (Å²) in [5.41, 5.74) is 2.62. The first-order valence-corrected chi connectivity index (χ1v) is 9.84. The number of rotatable bonds is 6. The van der Waals surface area contributed by atoms with Crippen LogP contribution in [-0.2, 0) is 0 Å². The van der Waals surface area contributed by atoms with E-state index in [0.717, 1.165) is 13.0 Å². The summed E-state index contributed by atoms with van der Waals surface area (Å²) in [5.74, 6) is 0.478. The van der Waals surface area contributed by atoms with Crippen LogP contribution in [0.5, 0.6) is 0 Å². The monoisotopic (exact) mass is 352 g/mol. The van der Waals surface area contributed by atoms with E-state index in [1.54, 1.807) is 0 Å². The molecule has 0 saturated carbocycles. The molecule has 3 rings (SSSR count). The summed E-state index contributed by atoms with van der Waals surface area (Å²) in [7, 11) is 0. The molecule has 2 aromatic rings. The maximum Gasteiger partial charge on any atom is 0.0820 e. The molecule has 26 heavy (non-hydrogen) atoms. The minimum absolute atomic E-state index is 0.141. The van der Waals surface area contributed by atoms with Gasteiger partial charge in [-0.1, -0.05) is 74.5 Å². The molecule has 140 valence electrons. The van der Waals surface area contributed by atoms with E-state index in [4.69, 9.17) is 0 Å². The fraction of sp³-hybridized carbons (Fsp3) is 0.478. The molecule has 4 atom stereocenters. The Balaban J connectivity index is 1.63. The zero-order valence-corrected chi connectivity index (χ0v) is 16.2. The lowest BCUT2D eigenvalue weighted by Crippen LogP contribution is -2.54. The average molecular weight is 353 g/mol. The van der Waals surface area contributed by atoms with E-state index in [1.807, 2.05) is 0 Å². The van der Waals surface area contributed by atoms with E-state index < -0.39 is 0 Å². The predicted octanol–water partition coefficient (Wildman–Crippen LogP) is 4.17. The van der Waals surface area contributed by atoms with Crippen molar-refractivity contribution in [3.63, 3.8) is 0 Å². The zero-order valence-electron chi connectivity index (χ0n) is 16.2. The zero-order chi connectivity index (χ0) is 18.5. The lowest BCUT2D eigenvalue weighted by Gasteiger charge is -2.41. The van der Waals surface area contributed by atoms with Crippen LogP contribution >= 0.6 is 0 Å². The number of piperidine rings is 1. The third-order valence-corrected chi connectivity index (χ3v) is 5.66. The Morgan fingerprint density at radius 3 is 2.04 bits per heavy atom. The number of nitrogens with zero attached hydrogens (tertiary/aromatic N) is 1. The molecule has 4 unspecified atom stereocenters. The van der Waals surface area contributed by atoms with Crippen molar-refractivity contribution in [1.29, 1.82) is 0 Å². The first-order chi connectivity index (χ1) is 12.6. The van der Waals surface area contributed by atoms with E-state index >= 15 is 0 Å². The maximum absolute atomic E-state index is 10.8. The SMILES string of the molecule is CC(C)C(NC1CCN(C(C)c2ccccc2)CC1O)c1ccccc1. The van der Waals surface area contributed by atoms with Crippen LogP contribution in [0.3, 0.4) is 0 Å². The van der Waals surface area contributed by atoms with Gasteiger partial charge in [-0.25, -0.2) is 0 Å². The van der Waals surface area contributed by atoms with Crippen molar-refractivity contribution in [3.8, 4) is 0 Å². The molecule has 0 aromatic heterocycles. The molecule has 0 spiro atoms. The molecule has 1 saturated heterocycles. The first-order valence-electron chi connectivity index (χ1n) is 9.84. The molecule has 2 aromatic carbocycles. The molecular formula is C23H32N2O. The van der Waals surface area contributed by atoms with Gasteiger partial charge in [0.15, 0.2) is 0 Å². The standard InChI is InChI=1S/C23H32N2O/c1-17(2)23(20-12-8-5-9-13-20)24-21-14-15-25(16-22(21)26)18(3)19-10-6-4-7-11-19/h4-13,17-18,21-24,26H,14-16H2,1-3H3. The number of aliphatic hydroxyl groups excluding tert-OH is 1. The summed E-state index contributed by atoms with van der Waals surface area (Å²) in [6.45, 7) is 8.43. The molecular weight excluding hydrogens is 320 g/mol. The molecule has 3 nitrogen and oxygen atoms in total. The van der Waals surface area contributed by atoms with E-state index in [0.29, 0.717) is 18.5 Å². The fourth-order valence-corrected chi connectivity index (χ4v) is 4.01. The van der Waals surface area contributed by atoms with Gasteiger partial charge in [-0.2, -0.15) is 0 Å². The number of nitrogens with one attached hydrogen (secondary N) is 1. The van der Waals surface area contributed by atoms with Gasteiger partial charge in [0.1, 0.15) is 0 Å². The second-order valence-electron chi connectivity index (χ2n) is 7.84. The van der Waals surface area contributed by atoms with Crippen LogP contribution in [0.1, 0.15) is 50.4 Å². The minimum Gasteiger partial charge on any atom is -0.390 e. The summed E-state index contributed by atoms with van der Waals surface area (Å²) in [6, 6.07) is 21.9. The van der Waals surface area contributed by atoms with Crippen molar-refractivity contribution in [1.82, 2.24) is 10.2 Å². The van der Waals surface area contributed by atoms with Crippen molar-refractivity contribution in [3.05, 3.63) is 71.8 Å². The smallest absolute Gasteiger partial charge is 0.0820 e. The van der Waals surface area contributed by atoms with Gasteiger partial charge < -0.3 is 10.4 Å². The summed E-state index contributed by atoms with van der Waals surface area (Å²) in [5, 5.41) is 14.6. The Labute approximate surface area is 158 Å². The highest BCUT2D eigenvalue weighted by Crippen LogP contribution is 2.27. The highest BCUT2D eigenvalue weighted by atomic mass is 16.3. The van der Waals surface area contributed by atoms with Crippen LogP contribution in [-0.4, -0.2) is 35.2 Å². The topological polar surface area (TPSA) is 35.5 Å². The third-order valence-electron chi connectivity index (χ3n) is 5.66. The summed E-state index contributed by atoms with van der Waals surface area (Å²) in [4.78, 5) is 2.39. The van der Waals surface area contributed by atoms with Crippen LogP contribution in [0, 0.1) is 5.92 Å². The lowest BCUT2D eigenvalue weighted by molar-refractivity contribution is 0.0178. The molecule has 1 aliphatic heterocycles. The molecule has 1 aliphatic rings. The molecule has 0 bridgehead atoms. The molecule has 0 aliphatic carbocycles. The van der Waals surface area contributed by atoms with Gasteiger partial charge in [-0.15, -0.1) is 0 Å². The second-order valence-corrected chi connectivity index (χ2v) is 7.84. The Morgan fingerprint density at radius 1 is 0.923 bits per heavy atom. The van der Waals surface area contributed by atoms with Crippen molar-refractivity contribution in [2.24, 2.45) is 5.92 Å². The lowest BCUT2D eigenvalue weighted by atomic mass is 9.92. The van der Waals surface area contributed by atoms with Gasteiger partial charge in [0, 0.05) is 31.2 Å². The number of likely N-dealkylation sites (tertiary alicyclic amines) is 1. The highest BCUT2D eigenvalue weighted by Gasteiger charge is 2.32. The molecule has 1 heterocycles. The van der Waals surface area contributed by atoms with Gasteiger partial charge in [-0.3, -0.25) is 4.90 Å². The average Bonchev–Trinajstić information content (AvgIpc) is 2.67. The molecule has 1 fully saturated rings. The van der Waals surface area contributed by atoms with Crippen LogP contribution in [0.4, 0.5) is 0 Å². The molecule has 0 radical (unpaired) electrons. The van der Waals surface area contributed by atoms with E-state index in [1.165, 1.54) is 11.1 Å². The van der Waals surface area contributed by atoms with Gasteiger partial charge in [-0.05, 0) is 30.4 Å². The number of benzene rings is 2. The maximum atomic E-state index is 10.8. The van der Waals surface area contributed by atoms with Crippen molar-refractivity contribution >= 4 is 0 Å². The van der Waals surface area contributed by atoms with Crippen LogP contribution in [0.25, 0.3) is 0 Å². The molecule has 2 N–H and O–H groups in total. The van der Waals surface area contributed by atoms with Crippen molar-refractivity contribution < 1.29 is 5.11 Å². The largest absolute Gasteiger partial charge is 0.390 e. The van der Waals surface area contributed by atoms with Gasteiger partial charge in [0.25, 0.3) is 0 Å². The normalized spacial score (nSPS) is 23.7. The van der Waals surface area contributed by atoms with Gasteiger partial charge in [0.05, 0.1) is 6.10 Å². The van der Waals surface area contributed by atoms with E-state index in [2.05, 4.69) is 91.7 Å². The first kappa shape index (κ1) is 19.1. The van der Waals surface area contributed by atoms with Gasteiger partial charge >= 0.3 is 0 Å². The minimum atomic E-state index is -0.347. The summed E-state index contributed by atoms with van der Waals surface area (Å²) >= 11 is 0. The Morgan fingerprint density at radius 2 is 1.50 bits per heavy atom. The van der Waals surface area contributed by atoms with Crippen LogP contribution in [0.15, 0.2) is 60.7 Å². The number of hydrogen-bond donors (Lipinski definition) is 2. The fourth-order valence-electron chi connectivity index (χ4n) is 4.01. The highest BCUT2D eigenvalue weighted by molar-refractivity contribution is 5.20. The number of hydrogen-bond acceptors (Lipinski definition) is 3.